The maximum atomic E-state index is 5.50. The lowest BCUT2D eigenvalue weighted by molar-refractivity contribution is 0.377. The third-order valence-corrected chi connectivity index (χ3v) is 6.14. The van der Waals surface area contributed by atoms with Crippen molar-refractivity contribution in [3.05, 3.63) is 35.3 Å². The molecule has 3 aromatic heterocycles. The molecule has 1 saturated heterocycles. The lowest BCUT2D eigenvalue weighted by atomic mass is 10.1. The number of H-pyrrole nitrogens is 1. The lowest BCUT2D eigenvalue weighted by Crippen LogP contribution is -2.44. The van der Waals surface area contributed by atoms with Crippen LogP contribution in [-0.2, 0) is 6.54 Å². The van der Waals surface area contributed by atoms with E-state index in [0.717, 1.165) is 55.7 Å². The SMILES string of the molecule is CCC(C)c1cc(CNc2nc(Nc3cc(C4CC4)[nH]n3)cc(N3CCNCC3)n2)on1. The first kappa shape index (κ1) is 20.7. The van der Waals surface area contributed by atoms with Crippen LogP contribution in [0.15, 0.2) is 22.7 Å². The van der Waals surface area contributed by atoms with Crippen molar-refractivity contribution in [2.45, 2.75) is 51.5 Å². The maximum absolute atomic E-state index is 5.50. The molecule has 1 aliphatic carbocycles. The number of nitrogens with zero attached hydrogens (tertiary/aromatic N) is 5. The van der Waals surface area contributed by atoms with Crippen molar-refractivity contribution in [1.29, 1.82) is 0 Å². The van der Waals surface area contributed by atoms with Crippen LogP contribution in [0.5, 0.6) is 0 Å². The smallest absolute Gasteiger partial charge is 0.227 e. The average Bonchev–Trinajstić information content (AvgIpc) is 3.38. The Kier molecular flexibility index (Phi) is 5.93. The van der Waals surface area contributed by atoms with Crippen LogP contribution >= 0.6 is 0 Å². The molecule has 10 heteroatoms. The van der Waals surface area contributed by atoms with Crippen LogP contribution in [0.3, 0.4) is 0 Å². The summed E-state index contributed by atoms with van der Waals surface area (Å²) in [6.07, 6.45) is 3.49. The van der Waals surface area contributed by atoms with Crippen molar-refractivity contribution in [2.24, 2.45) is 0 Å². The van der Waals surface area contributed by atoms with Crippen LogP contribution in [0.1, 0.15) is 62.1 Å². The largest absolute Gasteiger partial charge is 0.359 e. The number of nitrogens with one attached hydrogen (secondary N) is 4. The van der Waals surface area contributed by atoms with Gasteiger partial charge in [-0.15, -0.1) is 0 Å². The molecule has 2 aliphatic rings. The second-order valence-electron chi connectivity index (χ2n) is 8.66. The summed E-state index contributed by atoms with van der Waals surface area (Å²) in [4.78, 5) is 11.7. The predicted molar refractivity (Wildman–Crippen MR) is 123 cm³/mol. The molecule has 0 amide bonds. The summed E-state index contributed by atoms with van der Waals surface area (Å²) >= 11 is 0. The van der Waals surface area contributed by atoms with Crippen molar-refractivity contribution in [3.63, 3.8) is 0 Å². The van der Waals surface area contributed by atoms with E-state index in [1.165, 1.54) is 18.5 Å². The van der Waals surface area contributed by atoms with Crippen molar-refractivity contribution in [1.82, 2.24) is 30.6 Å². The van der Waals surface area contributed by atoms with Gasteiger partial charge in [-0.1, -0.05) is 19.0 Å². The highest BCUT2D eigenvalue weighted by atomic mass is 16.5. The number of rotatable bonds is 9. The minimum Gasteiger partial charge on any atom is -0.359 e. The number of anilines is 4. The van der Waals surface area contributed by atoms with E-state index in [4.69, 9.17) is 9.51 Å². The van der Waals surface area contributed by atoms with Gasteiger partial charge >= 0.3 is 0 Å². The Balaban J connectivity index is 1.33. The summed E-state index contributed by atoms with van der Waals surface area (Å²) < 4.78 is 5.50. The Morgan fingerprint density at radius 1 is 1.16 bits per heavy atom. The van der Waals surface area contributed by atoms with E-state index in [1.807, 2.05) is 12.1 Å². The Morgan fingerprint density at radius 3 is 2.78 bits per heavy atom. The van der Waals surface area contributed by atoms with Crippen molar-refractivity contribution >= 4 is 23.4 Å². The maximum Gasteiger partial charge on any atom is 0.227 e. The van der Waals surface area contributed by atoms with E-state index in [0.29, 0.717) is 30.1 Å². The minimum absolute atomic E-state index is 0.380. The number of hydrogen-bond acceptors (Lipinski definition) is 9. The fourth-order valence-corrected chi connectivity index (χ4v) is 3.79. The highest BCUT2D eigenvalue weighted by Gasteiger charge is 2.25. The molecule has 170 valence electrons. The highest BCUT2D eigenvalue weighted by Crippen LogP contribution is 2.39. The fraction of sp³-hybridized carbons (Fsp3) is 0.545. The molecule has 1 atom stereocenters. The molecule has 0 radical (unpaired) electrons. The van der Waals surface area contributed by atoms with Gasteiger partial charge in [0, 0.05) is 61.9 Å². The van der Waals surface area contributed by atoms with Crippen LogP contribution in [0.2, 0.25) is 0 Å². The second kappa shape index (κ2) is 9.15. The molecule has 0 bridgehead atoms. The Bertz CT molecular complexity index is 1040. The van der Waals surface area contributed by atoms with Crippen molar-refractivity contribution in [3.8, 4) is 0 Å². The third-order valence-electron chi connectivity index (χ3n) is 6.14. The Morgan fingerprint density at radius 2 is 2.00 bits per heavy atom. The summed E-state index contributed by atoms with van der Waals surface area (Å²) in [5.41, 5.74) is 2.16. The van der Waals surface area contributed by atoms with E-state index in [-0.39, 0.29) is 0 Å². The first-order valence-corrected chi connectivity index (χ1v) is 11.5. The quantitative estimate of drug-likeness (QED) is 0.399. The number of aromatic nitrogens is 5. The van der Waals surface area contributed by atoms with Crippen LogP contribution in [0.25, 0.3) is 0 Å². The van der Waals surface area contributed by atoms with Gasteiger partial charge in [-0.3, -0.25) is 5.10 Å². The van der Waals surface area contributed by atoms with Gasteiger partial charge in [0.05, 0.1) is 12.2 Å². The molecule has 0 aromatic carbocycles. The van der Waals surface area contributed by atoms with Gasteiger partial charge in [0.2, 0.25) is 5.95 Å². The molecule has 5 rings (SSSR count). The summed E-state index contributed by atoms with van der Waals surface area (Å²) in [5, 5.41) is 21.8. The second-order valence-corrected chi connectivity index (χ2v) is 8.66. The summed E-state index contributed by atoms with van der Waals surface area (Å²) in [5.74, 6) is 4.70. The molecule has 0 spiro atoms. The van der Waals surface area contributed by atoms with Gasteiger partial charge < -0.3 is 25.4 Å². The monoisotopic (exact) mass is 437 g/mol. The van der Waals surface area contributed by atoms with Crippen molar-refractivity contribution < 1.29 is 4.52 Å². The van der Waals surface area contributed by atoms with Crippen LogP contribution in [0.4, 0.5) is 23.4 Å². The number of hydrogen-bond donors (Lipinski definition) is 4. The topological polar surface area (TPSA) is 120 Å². The van der Waals surface area contributed by atoms with Gasteiger partial charge in [0.15, 0.2) is 11.6 Å². The standard InChI is InChI=1S/C22H31N9O/c1-3-14(2)17-10-16(32-30-17)13-24-22-26-19(12-21(27-22)31-8-6-23-7-9-31)25-20-11-18(28-29-20)15-4-5-15/h10-12,14-15,23H,3-9,13H2,1-2H3,(H3,24,25,26,27,28,29). The first-order chi connectivity index (χ1) is 15.7. The average molecular weight is 438 g/mol. The molecular formula is C22H31N9O. The van der Waals surface area contributed by atoms with E-state index in [1.54, 1.807) is 0 Å². The molecule has 1 unspecified atom stereocenters. The molecule has 10 nitrogen and oxygen atoms in total. The highest BCUT2D eigenvalue weighted by molar-refractivity contribution is 5.60. The van der Waals surface area contributed by atoms with E-state index in [9.17, 15) is 0 Å². The Labute approximate surface area is 187 Å². The molecule has 2 fully saturated rings. The van der Waals surface area contributed by atoms with Crippen LogP contribution in [0, 0.1) is 0 Å². The lowest BCUT2D eigenvalue weighted by Gasteiger charge is -2.28. The summed E-state index contributed by atoms with van der Waals surface area (Å²) in [6.45, 7) is 8.47. The van der Waals surface area contributed by atoms with Gasteiger partial charge in [-0.05, 0) is 19.3 Å². The van der Waals surface area contributed by atoms with Crippen molar-refractivity contribution in [2.75, 3.05) is 41.7 Å². The number of aromatic amines is 1. The first-order valence-electron chi connectivity index (χ1n) is 11.5. The molecule has 4 N–H and O–H groups in total. The molecule has 32 heavy (non-hydrogen) atoms. The van der Waals surface area contributed by atoms with Gasteiger partial charge in [0.1, 0.15) is 11.6 Å². The molecule has 1 saturated carbocycles. The van der Waals surface area contributed by atoms with E-state index in [2.05, 4.69) is 61.1 Å². The fourth-order valence-electron chi connectivity index (χ4n) is 3.79. The molecule has 1 aliphatic heterocycles. The van der Waals surface area contributed by atoms with Gasteiger partial charge in [-0.25, -0.2) is 0 Å². The zero-order chi connectivity index (χ0) is 21.9. The summed E-state index contributed by atoms with van der Waals surface area (Å²) in [6, 6.07) is 6.06. The zero-order valence-corrected chi connectivity index (χ0v) is 18.7. The zero-order valence-electron chi connectivity index (χ0n) is 18.7. The number of piperazine rings is 1. The summed E-state index contributed by atoms with van der Waals surface area (Å²) in [7, 11) is 0. The van der Waals surface area contributed by atoms with Crippen LogP contribution < -0.4 is 20.9 Å². The normalized spacial score (nSPS) is 17.4. The third kappa shape index (κ3) is 4.85. The van der Waals surface area contributed by atoms with Gasteiger partial charge in [-0.2, -0.15) is 15.1 Å². The van der Waals surface area contributed by atoms with Gasteiger partial charge in [0.25, 0.3) is 0 Å². The predicted octanol–water partition coefficient (Wildman–Crippen LogP) is 3.34. The minimum atomic E-state index is 0.380. The molecular weight excluding hydrogens is 406 g/mol. The molecule has 3 aromatic rings. The Hall–Kier alpha value is -3.14. The molecule has 4 heterocycles. The van der Waals surface area contributed by atoms with E-state index >= 15 is 0 Å². The van der Waals surface area contributed by atoms with Crippen LogP contribution in [-0.4, -0.2) is 51.5 Å². The van der Waals surface area contributed by atoms with E-state index < -0.39 is 0 Å².